The van der Waals surface area contributed by atoms with Crippen molar-refractivity contribution in [1.29, 1.82) is 0 Å². The second kappa shape index (κ2) is 11.7. The zero-order valence-electron chi connectivity index (χ0n) is 24.0. The standard InChI is InChI=1S/C28H42N8O3/c1-27(2,3)33-25(37)32-24-9-8-22-23(31-24)16-20(17-29-22)21-18-30-36(19-21)11-7-10-34-12-14-35(15-13-34)26(38)39-28(4,5)6/h8-9,17-20H,7,10-16H2,1-6H3,(H2,31,32,33,37). The molecule has 2 aromatic rings. The number of hydrogen-bond donors (Lipinski definition) is 2. The Morgan fingerprint density at radius 3 is 2.49 bits per heavy atom. The minimum atomic E-state index is -0.468. The van der Waals surface area contributed by atoms with Gasteiger partial charge in [-0.1, -0.05) is 0 Å². The molecule has 0 spiro atoms. The molecular weight excluding hydrogens is 496 g/mol. The molecule has 0 saturated carbocycles. The predicted octanol–water partition coefficient (Wildman–Crippen LogP) is 4.18. The van der Waals surface area contributed by atoms with E-state index in [9.17, 15) is 9.59 Å². The number of ether oxygens (including phenoxy) is 1. The summed E-state index contributed by atoms with van der Waals surface area (Å²) in [5, 5.41) is 10.3. The number of urea groups is 1. The van der Waals surface area contributed by atoms with Crippen molar-refractivity contribution in [1.82, 2.24) is 29.9 Å². The molecule has 0 aromatic carbocycles. The lowest BCUT2D eigenvalue weighted by atomic mass is 9.95. The third-order valence-electron chi connectivity index (χ3n) is 6.45. The van der Waals surface area contributed by atoms with Gasteiger partial charge in [0, 0.05) is 69.6 Å². The summed E-state index contributed by atoms with van der Waals surface area (Å²) in [6, 6.07) is 3.38. The molecule has 0 bridgehead atoms. The fourth-order valence-electron chi connectivity index (χ4n) is 4.58. The van der Waals surface area contributed by atoms with Crippen LogP contribution in [0.25, 0.3) is 0 Å². The number of carbonyl (C=O) groups excluding carboxylic acids is 2. The predicted molar refractivity (Wildman–Crippen MR) is 152 cm³/mol. The first-order valence-corrected chi connectivity index (χ1v) is 13.7. The number of piperazine rings is 1. The molecule has 11 heteroatoms. The Hall–Kier alpha value is -3.47. The van der Waals surface area contributed by atoms with E-state index in [2.05, 4.69) is 36.8 Å². The number of fused-ring (bicyclic) bond motifs is 1. The number of aliphatic imine (C=N–C) groups is 1. The topological polar surface area (TPSA) is 117 Å². The lowest BCUT2D eigenvalue weighted by Crippen LogP contribution is -2.50. The van der Waals surface area contributed by atoms with Crippen LogP contribution in [0.4, 0.5) is 21.1 Å². The zero-order valence-corrected chi connectivity index (χ0v) is 24.0. The summed E-state index contributed by atoms with van der Waals surface area (Å²) >= 11 is 0. The van der Waals surface area contributed by atoms with Crippen molar-refractivity contribution in [2.75, 3.05) is 38.0 Å². The third-order valence-corrected chi connectivity index (χ3v) is 6.45. The lowest BCUT2D eigenvalue weighted by molar-refractivity contribution is 0.0143. The fourth-order valence-corrected chi connectivity index (χ4v) is 4.58. The van der Waals surface area contributed by atoms with E-state index >= 15 is 0 Å². The van der Waals surface area contributed by atoms with Gasteiger partial charge in [0.25, 0.3) is 0 Å². The second-order valence-corrected chi connectivity index (χ2v) is 12.3. The lowest BCUT2D eigenvalue weighted by Gasteiger charge is -2.35. The highest BCUT2D eigenvalue weighted by Crippen LogP contribution is 2.30. The molecule has 2 aliphatic heterocycles. The summed E-state index contributed by atoms with van der Waals surface area (Å²) in [6.45, 7) is 16.3. The molecule has 3 amide bonds. The first-order chi connectivity index (χ1) is 18.3. The Bertz CT molecular complexity index is 1190. The Labute approximate surface area is 231 Å². The smallest absolute Gasteiger partial charge is 0.410 e. The number of pyridine rings is 1. The average molecular weight is 539 g/mol. The van der Waals surface area contributed by atoms with Gasteiger partial charge in [0.15, 0.2) is 0 Å². The van der Waals surface area contributed by atoms with Gasteiger partial charge >= 0.3 is 12.1 Å². The second-order valence-electron chi connectivity index (χ2n) is 12.3. The fraction of sp³-hybridized carbons (Fsp3) is 0.607. The van der Waals surface area contributed by atoms with E-state index in [0.29, 0.717) is 25.3 Å². The van der Waals surface area contributed by atoms with Crippen molar-refractivity contribution in [3.8, 4) is 0 Å². The van der Waals surface area contributed by atoms with E-state index in [0.717, 1.165) is 49.5 Å². The molecule has 1 fully saturated rings. The molecule has 2 N–H and O–H groups in total. The van der Waals surface area contributed by atoms with E-state index in [-0.39, 0.29) is 23.6 Å². The highest BCUT2D eigenvalue weighted by Gasteiger charge is 2.26. The van der Waals surface area contributed by atoms with E-state index in [4.69, 9.17) is 4.74 Å². The molecule has 1 unspecified atom stereocenters. The quantitative estimate of drug-likeness (QED) is 0.570. The van der Waals surface area contributed by atoms with Gasteiger partial charge in [-0.15, -0.1) is 0 Å². The summed E-state index contributed by atoms with van der Waals surface area (Å²) in [5.41, 5.74) is 1.98. The zero-order chi connectivity index (χ0) is 28.2. The summed E-state index contributed by atoms with van der Waals surface area (Å²) < 4.78 is 7.47. The highest BCUT2D eigenvalue weighted by atomic mass is 16.6. The first-order valence-electron chi connectivity index (χ1n) is 13.7. The van der Waals surface area contributed by atoms with Crippen LogP contribution >= 0.6 is 0 Å². The van der Waals surface area contributed by atoms with Crippen LogP contribution in [0.15, 0.2) is 29.5 Å². The van der Waals surface area contributed by atoms with Crippen molar-refractivity contribution in [3.63, 3.8) is 0 Å². The average Bonchev–Trinajstić information content (AvgIpc) is 3.31. The molecule has 0 radical (unpaired) electrons. The van der Waals surface area contributed by atoms with Crippen LogP contribution < -0.4 is 10.6 Å². The van der Waals surface area contributed by atoms with E-state index in [1.165, 1.54) is 0 Å². The molecule has 1 saturated heterocycles. The molecule has 1 atom stereocenters. The van der Waals surface area contributed by atoms with Gasteiger partial charge in [0.1, 0.15) is 11.4 Å². The number of anilines is 1. The molecule has 2 aliphatic rings. The van der Waals surface area contributed by atoms with Gasteiger partial charge in [0.05, 0.1) is 17.6 Å². The molecule has 0 aliphatic carbocycles. The summed E-state index contributed by atoms with van der Waals surface area (Å²) in [4.78, 5) is 37.9. The largest absolute Gasteiger partial charge is 0.444 e. The van der Waals surface area contributed by atoms with Crippen molar-refractivity contribution in [2.24, 2.45) is 4.99 Å². The molecule has 2 aromatic heterocycles. The van der Waals surface area contributed by atoms with Crippen LogP contribution in [0.5, 0.6) is 0 Å². The maximum absolute atomic E-state index is 12.3. The summed E-state index contributed by atoms with van der Waals surface area (Å²) in [7, 11) is 0. The molecule has 212 valence electrons. The van der Waals surface area contributed by atoms with Crippen LogP contribution in [0.2, 0.25) is 0 Å². The number of hydrogen-bond acceptors (Lipinski definition) is 7. The summed E-state index contributed by atoms with van der Waals surface area (Å²) in [5.74, 6) is 0.590. The van der Waals surface area contributed by atoms with Gasteiger partial charge < -0.3 is 15.0 Å². The van der Waals surface area contributed by atoms with Gasteiger partial charge in [-0.05, 0) is 65.7 Å². The number of carbonyl (C=O) groups is 2. The van der Waals surface area contributed by atoms with Crippen molar-refractivity contribution >= 4 is 29.8 Å². The van der Waals surface area contributed by atoms with Crippen LogP contribution in [-0.2, 0) is 17.7 Å². The number of aromatic nitrogens is 3. The van der Waals surface area contributed by atoms with Gasteiger partial charge in [-0.3, -0.25) is 19.9 Å². The number of amides is 3. The minimum absolute atomic E-state index is 0.0818. The van der Waals surface area contributed by atoms with Gasteiger partial charge in [-0.25, -0.2) is 14.6 Å². The molecule has 4 heterocycles. The molecule has 11 nitrogen and oxygen atoms in total. The van der Waals surface area contributed by atoms with Crippen LogP contribution in [0.1, 0.15) is 65.1 Å². The van der Waals surface area contributed by atoms with Crippen molar-refractivity contribution < 1.29 is 14.3 Å². The normalized spacial score (nSPS) is 18.0. The van der Waals surface area contributed by atoms with Crippen molar-refractivity contribution in [3.05, 3.63) is 35.8 Å². The number of nitrogens with one attached hydrogen (secondary N) is 2. The SMILES string of the molecule is CC(C)(C)NC(=O)Nc1ccc2c(n1)CC(c1cnn(CCCN3CCN(C(=O)OC(C)(C)C)CC3)c1)C=N2. The number of aryl methyl sites for hydroxylation is 1. The van der Waals surface area contributed by atoms with E-state index in [1.54, 1.807) is 11.0 Å². The highest BCUT2D eigenvalue weighted by molar-refractivity contribution is 5.89. The van der Waals surface area contributed by atoms with Gasteiger partial charge in [-0.2, -0.15) is 5.10 Å². The van der Waals surface area contributed by atoms with Crippen LogP contribution in [0.3, 0.4) is 0 Å². The third kappa shape index (κ3) is 8.51. The first kappa shape index (κ1) is 28.5. The Balaban J connectivity index is 1.23. The molecule has 39 heavy (non-hydrogen) atoms. The van der Waals surface area contributed by atoms with Crippen molar-refractivity contribution in [2.45, 2.75) is 78.0 Å². The Morgan fingerprint density at radius 1 is 1.05 bits per heavy atom. The van der Waals surface area contributed by atoms with E-state index in [1.807, 2.05) is 64.7 Å². The minimum Gasteiger partial charge on any atom is -0.444 e. The van der Waals surface area contributed by atoms with Crippen LogP contribution in [-0.4, -0.2) is 86.8 Å². The number of nitrogens with zero attached hydrogens (tertiary/aromatic N) is 6. The van der Waals surface area contributed by atoms with Crippen LogP contribution in [0, 0.1) is 0 Å². The monoisotopic (exact) mass is 538 g/mol. The Kier molecular flexibility index (Phi) is 8.58. The summed E-state index contributed by atoms with van der Waals surface area (Å²) in [6.07, 6.45) is 7.38. The Morgan fingerprint density at radius 2 is 1.79 bits per heavy atom. The maximum Gasteiger partial charge on any atom is 0.410 e. The molecular formula is C28H42N8O3. The maximum atomic E-state index is 12.3. The van der Waals surface area contributed by atoms with Gasteiger partial charge in [0.2, 0.25) is 0 Å². The number of rotatable bonds is 6. The van der Waals surface area contributed by atoms with E-state index < -0.39 is 5.60 Å². The molecule has 4 rings (SSSR count).